The molecular weight excluding hydrogens is 286 g/mol. The summed E-state index contributed by atoms with van der Waals surface area (Å²) in [7, 11) is 0. The highest BCUT2D eigenvalue weighted by Gasteiger charge is 2.20. The number of aromatic nitrogens is 2. The van der Waals surface area contributed by atoms with Crippen molar-refractivity contribution in [3.8, 4) is 0 Å². The Morgan fingerprint density at radius 3 is 2.30 bits per heavy atom. The first kappa shape index (κ1) is 15.5. The number of benzene rings is 1. The molecule has 0 unspecified atom stereocenters. The second-order valence-corrected chi connectivity index (χ2v) is 6.09. The second-order valence-electron chi connectivity index (χ2n) is 6.09. The quantitative estimate of drug-likeness (QED) is 0.909. The van der Waals surface area contributed by atoms with Gasteiger partial charge in [-0.1, -0.05) is 12.7 Å². The zero-order valence-electron chi connectivity index (χ0n) is 13.7. The molecule has 1 fully saturated rings. The molecule has 23 heavy (non-hydrogen) atoms. The van der Waals surface area contributed by atoms with Gasteiger partial charge >= 0.3 is 0 Å². The van der Waals surface area contributed by atoms with Crippen molar-refractivity contribution in [1.29, 1.82) is 0 Å². The normalized spacial score (nSPS) is 21.0. The molecule has 1 aromatic carbocycles. The number of nitrogens with zero attached hydrogens (tertiary/aromatic N) is 3. The number of hydrogen-bond donors (Lipinski definition) is 2. The van der Waals surface area contributed by atoms with Gasteiger partial charge in [0, 0.05) is 54.5 Å². The van der Waals surface area contributed by atoms with Crippen LogP contribution in [0.5, 0.6) is 0 Å². The Bertz CT molecular complexity index is 640. The topological polar surface area (TPSA) is 53.1 Å². The van der Waals surface area contributed by atoms with Crippen molar-refractivity contribution in [2.24, 2.45) is 0 Å². The molecule has 2 N–H and O–H groups in total. The number of piperazine rings is 1. The Morgan fingerprint density at radius 2 is 1.74 bits per heavy atom. The average molecular weight is 309 g/mol. The third kappa shape index (κ3) is 3.87. The first-order chi connectivity index (χ1) is 11.1. The molecular formula is C18H23N5. The third-order valence-corrected chi connectivity index (χ3v) is 3.95. The van der Waals surface area contributed by atoms with E-state index in [-0.39, 0.29) is 0 Å². The molecule has 0 saturated carbocycles. The summed E-state index contributed by atoms with van der Waals surface area (Å²) in [5, 5.41) is 6.77. The SMILES string of the molecule is C=Cc1cnc(Nc2ccc(N3C[C@@H](C)N[C@@H](C)C3)cc2)nc1. The summed E-state index contributed by atoms with van der Waals surface area (Å²) in [5.74, 6) is 0.591. The van der Waals surface area contributed by atoms with Crippen LogP contribution in [0.25, 0.3) is 6.08 Å². The van der Waals surface area contributed by atoms with E-state index in [1.807, 2.05) is 0 Å². The Kier molecular flexibility index (Phi) is 4.57. The van der Waals surface area contributed by atoms with Crippen LogP contribution in [0.15, 0.2) is 43.2 Å². The van der Waals surface area contributed by atoms with Gasteiger partial charge in [0.2, 0.25) is 5.95 Å². The van der Waals surface area contributed by atoms with Crippen LogP contribution in [0.3, 0.4) is 0 Å². The average Bonchev–Trinajstić information content (AvgIpc) is 2.55. The summed E-state index contributed by atoms with van der Waals surface area (Å²) in [6.45, 7) is 10.2. The van der Waals surface area contributed by atoms with Crippen LogP contribution >= 0.6 is 0 Å². The molecule has 2 atom stereocenters. The van der Waals surface area contributed by atoms with Crippen molar-refractivity contribution in [2.75, 3.05) is 23.3 Å². The van der Waals surface area contributed by atoms with E-state index in [0.717, 1.165) is 24.3 Å². The predicted octanol–water partition coefficient (Wildman–Crippen LogP) is 3.05. The van der Waals surface area contributed by atoms with Gasteiger partial charge in [-0.3, -0.25) is 0 Å². The van der Waals surface area contributed by atoms with Gasteiger partial charge in [0.25, 0.3) is 0 Å². The lowest BCUT2D eigenvalue weighted by molar-refractivity contribution is 0.407. The molecule has 0 bridgehead atoms. The van der Waals surface area contributed by atoms with Gasteiger partial charge in [0.05, 0.1) is 0 Å². The highest BCUT2D eigenvalue weighted by molar-refractivity contribution is 5.60. The van der Waals surface area contributed by atoms with Crippen molar-refractivity contribution >= 4 is 23.4 Å². The van der Waals surface area contributed by atoms with E-state index in [4.69, 9.17) is 0 Å². The zero-order valence-corrected chi connectivity index (χ0v) is 13.7. The minimum Gasteiger partial charge on any atom is -0.368 e. The summed E-state index contributed by atoms with van der Waals surface area (Å²) in [4.78, 5) is 11.0. The minimum atomic E-state index is 0.508. The van der Waals surface area contributed by atoms with Crippen molar-refractivity contribution in [3.05, 3.63) is 48.8 Å². The van der Waals surface area contributed by atoms with E-state index in [1.165, 1.54) is 5.69 Å². The van der Waals surface area contributed by atoms with E-state index in [9.17, 15) is 0 Å². The van der Waals surface area contributed by atoms with Crippen molar-refractivity contribution in [3.63, 3.8) is 0 Å². The fourth-order valence-corrected chi connectivity index (χ4v) is 2.93. The van der Waals surface area contributed by atoms with Crippen molar-refractivity contribution in [1.82, 2.24) is 15.3 Å². The Morgan fingerprint density at radius 1 is 1.13 bits per heavy atom. The summed E-state index contributed by atoms with van der Waals surface area (Å²) < 4.78 is 0. The van der Waals surface area contributed by atoms with Gasteiger partial charge in [-0.05, 0) is 38.1 Å². The number of hydrogen-bond acceptors (Lipinski definition) is 5. The van der Waals surface area contributed by atoms with Gasteiger partial charge in [-0.15, -0.1) is 0 Å². The van der Waals surface area contributed by atoms with Crippen LogP contribution in [0.1, 0.15) is 19.4 Å². The van der Waals surface area contributed by atoms with Crippen LogP contribution in [-0.2, 0) is 0 Å². The number of nitrogens with one attached hydrogen (secondary N) is 2. The number of anilines is 3. The predicted molar refractivity (Wildman–Crippen MR) is 96.1 cm³/mol. The Hall–Kier alpha value is -2.40. The standard InChI is InChI=1S/C18H23N5/c1-4-15-9-19-18(20-10-15)22-16-5-7-17(8-6-16)23-11-13(2)21-14(3)12-23/h4-10,13-14,21H,1,11-12H2,2-3H3,(H,19,20,22)/t13-,14+. The zero-order chi connectivity index (χ0) is 16.2. The molecule has 1 aliphatic heterocycles. The van der Waals surface area contributed by atoms with E-state index in [1.54, 1.807) is 18.5 Å². The lowest BCUT2D eigenvalue weighted by atomic mass is 10.1. The molecule has 0 radical (unpaired) electrons. The van der Waals surface area contributed by atoms with E-state index < -0.39 is 0 Å². The minimum absolute atomic E-state index is 0.508. The maximum absolute atomic E-state index is 4.26. The van der Waals surface area contributed by atoms with Gasteiger partial charge in [0.1, 0.15) is 0 Å². The molecule has 0 spiro atoms. The first-order valence-corrected chi connectivity index (χ1v) is 7.96. The van der Waals surface area contributed by atoms with Crippen LogP contribution in [-0.4, -0.2) is 35.1 Å². The van der Waals surface area contributed by atoms with E-state index >= 15 is 0 Å². The maximum Gasteiger partial charge on any atom is 0.227 e. The fourth-order valence-electron chi connectivity index (χ4n) is 2.93. The summed E-state index contributed by atoms with van der Waals surface area (Å²) in [6.07, 6.45) is 5.23. The van der Waals surface area contributed by atoms with Crippen LogP contribution < -0.4 is 15.5 Å². The molecule has 2 heterocycles. The molecule has 0 amide bonds. The van der Waals surface area contributed by atoms with E-state index in [2.05, 4.69) is 70.2 Å². The fraction of sp³-hybridized carbons (Fsp3) is 0.333. The monoisotopic (exact) mass is 309 g/mol. The molecule has 1 saturated heterocycles. The van der Waals surface area contributed by atoms with Crippen molar-refractivity contribution in [2.45, 2.75) is 25.9 Å². The summed E-state index contributed by atoms with van der Waals surface area (Å²) in [5.41, 5.74) is 3.14. The highest BCUT2D eigenvalue weighted by Crippen LogP contribution is 2.21. The molecule has 1 aliphatic rings. The van der Waals surface area contributed by atoms with Crippen molar-refractivity contribution < 1.29 is 0 Å². The smallest absolute Gasteiger partial charge is 0.227 e. The third-order valence-electron chi connectivity index (χ3n) is 3.95. The molecule has 5 heteroatoms. The second kappa shape index (κ2) is 6.79. The lowest BCUT2D eigenvalue weighted by Gasteiger charge is -2.37. The van der Waals surface area contributed by atoms with Crippen LogP contribution in [0.4, 0.5) is 17.3 Å². The van der Waals surface area contributed by atoms with Gasteiger partial charge < -0.3 is 15.5 Å². The summed E-state index contributed by atoms with van der Waals surface area (Å²) in [6, 6.07) is 9.44. The molecule has 5 nitrogen and oxygen atoms in total. The van der Waals surface area contributed by atoms with Crippen LogP contribution in [0.2, 0.25) is 0 Å². The van der Waals surface area contributed by atoms with Crippen LogP contribution in [0, 0.1) is 0 Å². The van der Waals surface area contributed by atoms with Gasteiger partial charge in [0.15, 0.2) is 0 Å². The first-order valence-electron chi connectivity index (χ1n) is 7.96. The highest BCUT2D eigenvalue weighted by atomic mass is 15.2. The molecule has 1 aromatic heterocycles. The number of rotatable bonds is 4. The molecule has 2 aromatic rings. The molecule has 0 aliphatic carbocycles. The molecule has 3 rings (SSSR count). The van der Waals surface area contributed by atoms with Gasteiger partial charge in [-0.25, -0.2) is 9.97 Å². The molecule has 120 valence electrons. The maximum atomic E-state index is 4.26. The Labute approximate surface area is 137 Å². The Balaban J connectivity index is 1.67. The van der Waals surface area contributed by atoms with E-state index in [0.29, 0.717) is 18.0 Å². The van der Waals surface area contributed by atoms with Gasteiger partial charge in [-0.2, -0.15) is 0 Å². The lowest BCUT2D eigenvalue weighted by Crippen LogP contribution is -2.54. The summed E-state index contributed by atoms with van der Waals surface area (Å²) >= 11 is 0. The largest absolute Gasteiger partial charge is 0.368 e.